The van der Waals surface area contributed by atoms with Gasteiger partial charge in [-0.2, -0.15) is 0 Å². The zero-order valence-electron chi connectivity index (χ0n) is 11.1. The molecule has 3 rings (SSSR count). The van der Waals surface area contributed by atoms with Gasteiger partial charge in [-0.3, -0.25) is 0 Å². The highest BCUT2D eigenvalue weighted by atomic mass is 32.1. The molecule has 0 amide bonds. The Morgan fingerprint density at radius 2 is 2.26 bits per heavy atom. The molecule has 0 aliphatic heterocycles. The van der Waals surface area contributed by atoms with Crippen LogP contribution in [0.5, 0.6) is 5.88 Å². The molecule has 2 N–H and O–H groups in total. The second-order valence-electron chi connectivity index (χ2n) is 5.47. The molecule has 19 heavy (non-hydrogen) atoms. The smallest absolute Gasteiger partial charge is 0.213 e. The molecule has 2 saturated carbocycles. The summed E-state index contributed by atoms with van der Waals surface area (Å²) in [5.41, 5.74) is 0.890. The lowest BCUT2D eigenvalue weighted by atomic mass is 9.96. The van der Waals surface area contributed by atoms with E-state index in [1.807, 2.05) is 12.1 Å². The lowest BCUT2D eigenvalue weighted by Crippen LogP contribution is -2.40. The lowest BCUT2D eigenvalue weighted by Gasteiger charge is -2.24. The van der Waals surface area contributed by atoms with E-state index in [4.69, 9.17) is 17.0 Å². The van der Waals surface area contributed by atoms with Crippen molar-refractivity contribution in [3.05, 3.63) is 18.3 Å². The summed E-state index contributed by atoms with van der Waals surface area (Å²) in [5, 5.41) is 7.33. The molecule has 2 fully saturated rings. The van der Waals surface area contributed by atoms with Gasteiger partial charge in [0.2, 0.25) is 5.88 Å². The molecule has 3 atom stereocenters. The third-order valence-electron chi connectivity index (χ3n) is 4.26. The number of fused-ring (bicyclic) bond motifs is 2. The molecule has 102 valence electrons. The number of hydrogen-bond donors (Lipinski definition) is 2. The van der Waals surface area contributed by atoms with Gasteiger partial charge in [-0.15, -0.1) is 0 Å². The summed E-state index contributed by atoms with van der Waals surface area (Å²) in [6.07, 6.45) is 7.14. The highest BCUT2D eigenvalue weighted by molar-refractivity contribution is 7.80. The number of ether oxygens (including phenoxy) is 1. The quantitative estimate of drug-likeness (QED) is 0.832. The first-order valence-electron chi connectivity index (χ1n) is 6.82. The van der Waals surface area contributed by atoms with Gasteiger partial charge in [0, 0.05) is 12.1 Å². The average Bonchev–Trinajstić information content (AvgIpc) is 3.02. The zero-order chi connectivity index (χ0) is 13.2. The topological polar surface area (TPSA) is 46.2 Å². The number of aromatic nitrogens is 1. The summed E-state index contributed by atoms with van der Waals surface area (Å²) in [6, 6.07) is 4.30. The van der Waals surface area contributed by atoms with Crippen LogP contribution in [0.3, 0.4) is 0 Å². The van der Waals surface area contributed by atoms with Crippen LogP contribution in [0.1, 0.15) is 25.7 Å². The minimum Gasteiger partial charge on any atom is -0.481 e. The molecule has 2 aliphatic carbocycles. The Morgan fingerprint density at radius 1 is 1.37 bits per heavy atom. The van der Waals surface area contributed by atoms with Gasteiger partial charge in [-0.1, -0.05) is 6.42 Å². The second-order valence-corrected chi connectivity index (χ2v) is 5.88. The maximum Gasteiger partial charge on any atom is 0.213 e. The number of anilines is 1. The van der Waals surface area contributed by atoms with E-state index in [0.29, 0.717) is 17.0 Å². The van der Waals surface area contributed by atoms with Gasteiger partial charge in [0.1, 0.15) is 0 Å². The number of hydrogen-bond acceptors (Lipinski definition) is 3. The summed E-state index contributed by atoms with van der Waals surface area (Å²) >= 11 is 5.37. The van der Waals surface area contributed by atoms with Crippen molar-refractivity contribution in [3.63, 3.8) is 0 Å². The van der Waals surface area contributed by atoms with Crippen LogP contribution in [0.15, 0.2) is 18.3 Å². The molecule has 0 saturated heterocycles. The lowest BCUT2D eigenvalue weighted by molar-refractivity contribution is 0.391. The Bertz CT molecular complexity index is 462. The summed E-state index contributed by atoms with van der Waals surface area (Å²) in [5.74, 6) is 2.35. The van der Waals surface area contributed by atoms with E-state index in [1.54, 1.807) is 13.3 Å². The van der Waals surface area contributed by atoms with Crippen LogP contribution in [0, 0.1) is 11.8 Å². The molecule has 4 nitrogen and oxygen atoms in total. The molecule has 2 bridgehead atoms. The van der Waals surface area contributed by atoms with Crippen molar-refractivity contribution < 1.29 is 4.74 Å². The Labute approximate surface area is 118 Å². The second kappa shape index (κ2) is 5.33. The largest absolute Gasteiger partial charge is 0.481 e. The van der Waals surface area contributed by atoms with Gasteiger partial charge < -0.3 is 15.4 Å². The van der Waals surface area contributed by atoms with Gasteiger partial charge in [0.25, 0.3) is 0 Å². The van der Waals surface area contributed by atoms with Gasteiger partial charge in [0.05, 0.1) is 19.0 Å². The van der Waals surface area contributed by atoms with E-state index in [1.165, 1.54) is 25.7 Å². The molecule has 0 unspecified atom stereocenters. The Balaban J connectivity index is 1.53. The van der Waals surface area contributed by atoms with Crippen LogP contribution in [-0.4, -0.2) is 23.2 Å². The molecule has 0 aromatic carbocycles. The van der Waals surface area contributed by atoms with Crippen LogP contribution in [0.2, 0.25) is 0 Å². The Morgan fingerprint density at radius 3 is 2.84 bits per heavy atom. The summed E-state index contributed by atoms with van der Waals surface area (Å²) in [4.78, 5) is 4.15. The van der Waals surface area contributed by atoms with E-state index in [0.717, 1.165) is 17.5 Å². The Hall–Kier alpha value is -1.36. The Kier molecular flexibility index (Phi) is 3.55. The van der Waals surface area contributed by atoms with Gasteiger partial charge in [0.15, 0.2) is 5.11 Å². The third kappa shape index (κ3) is 2.81. The third-order valence-corrected chi connectivity index (χ3v) is 4.48. The van der Waals surface area contributed by atoms with E-state index < -0.39 is 0 Å². The minimum absolute atomic E-state index is 0.560. The summed E-state index contributed by atoms with van der Waals surface area (Å²) in [6.45, 7) is 0. The summed E-state index contributed by atoms with van der Waals surface area (Å²) < 4.78 is 5.03. The van der Waals surface area contributed by atoms with Crippen LogP contribution in [-0.2, 0) is 0 Å². The number of nitrogens with one attached hydrogen (secondary N) is 2. The number of methoxy groups -OCH3 is 1. The van der Waals surface area contributed by atoms with Crippen molar-refractivity contribution in [2.75, 3.05) is 12.4 Å². The van der Waals surface area contributed by atoms with Crippen LogP contribution in [0.4, 0.5) is 5.69 Å². The molecule has 0 spiro atoms. The van der Waals surface area contributed by atoms with Crippen molar-refractivity contribution in [2.45, 2.75) is 31.7 Å². The first-order valence-corrected chi connectivity index (χ1v) is 7.23. The van der Waals surface area contributed by atoms with Crippen molar-refractivity contribution >= 4 is 23.0 Å². The summed E-state index contributed by atoms with van der Waals surface area (Å²) in [7, 11) is 1.61. The van der Waals surface area contributed by atoms with Crippen LogP contribution < -0.4 is 15.4 Å². The number of pyridine rings is 1. The van der Waals surface area contributed by atoms with Crippen molar-refractivity contribution in [3.8, 4) is 5.88 Å². The molecule has 2 aliphatic rings. The van der Waals surface area contributed by atoms with Crippen molar-refractivity contribution in [2.24, 2.45) is 11.8 Å². The molecule has 1 aromatic rings. The van der Waals surface area contributed by atoms with E-state index >= 15 is 0 Å². The fraction of sp³-hybridized carbons (Fsp3) is 0.571. The molecule has 1 aromatic heterocycles. The molecular weight excluding hydrogens is 258 g/mol. The average molecular weight is 277 g/mol. The fourth-order valence-corrected chi connectivity index (χ4v) is 3.60. The predicted molar refractivity (Wildman–Crippen MR) is 79.4 cm³/mol. The van der Waals surface area contributed by atoms with Crippen LogP contribution in [0.25, 0.3) is 0 Å². The maximum atomic E-state index is 5.37. The molecule has 0 radical (unpaired) electrons. The highest BCUT2D eigenvalue weighted by Gasteiger charge is 2.39. The maximum absolute atomic E-state index is 5.37. The SMILES string of the molecule is COc1ccc(NC(=S)N[C@@H]2C[C@H]3CC[C@H]2C3)cn1. The zero-order valence-corrected chi connectivity index (χ0v) is 11.9. The standard InChI is InChI=1S/C14H19N3OS/c1-18-13-5-4-11(8-15-13)16-14(19)17-12-7-9-2-3-10(12)6-9/h4-5,8-10,12H,2-3,6-7H2,1H3,(H2,16,17,19)/t9-,10-,12+/m0/s1. The first kappa shape index (κ1) is 12.7. The number of rotatable bonds is 3. The number of nitrogens with zero attached hydrogens (tertiary/aromatic N) is 1. The first-order chi connectivity index (χ1) is 9.24. The van der Waals surface area contributed by atoms with E-state index in [-0.39, 0.29) is 0 Å². The fourth-order valence-electron chi connectivity index (χ4n) is 3.33. The normalized spacial score (nSPS) is 28.2. The van der Waals surface area contributed by atoms with Gasteiger partial charge in [-0.05, 0) is 49.4 Å². The van der Waals surface area contributed by atoms with Gasteiger partial charge >= 0.3 is 0 Å². The minimum atomic E-state index is 0.560. The monoisotopic (exact) mass is 277 g/mol. The highest BCUT2D eigenvalue weighted by Crippen LogP contribution is 2.44. The van der Waals surface area contributed by atoms with Gasteiger partial charge in [-0.25, -0.2) is 4.98 Å². The van der Waals surface area contributed by atoms with Crippen molar-refractivity contribution in [1.82, 2.24) is 10.3 Å². The molecule has 5 heteroatoms. The van der Waals surface area contributed by atoms with Crippen molar-refractivity contribution in [1.29, 1.82) is 0 Å². The molecule has 1 heterocycles. The number of thiocarbonyl (C=S) groups is 1. The van der Waals surface area contributed by atoms with E-state index in [9.17, 15) is 0 Å². The van der Waals surface area contributed by atoms with E-state index in [2.05, 4.69) is 15.6 Å². The van der Waals surface area contributed by atoms with Crippen LogP contribution >= 0.6 is 12.2 Å². The molecular formula is C14H19N3OS. The predicted octanol–water partition coefficient (Wildman–Crippen LogP) is 2.57.